The van der Waals surface area contributed by atoms with Crippen LogP contribution in [0.4, 0.5) is 0 Å². The maximum absolute atomic E-state index is 5.59. The number of hydrogen-bond donors (Lipinski definition) is 1. The van der Waals surface area contributed by atoms with E-state index in [2.05, 4.69) is 34.8 Å². The Hall–Kier alpha value is -0.710. The second-order valence-corrected chi connectivity index (χ2v) is 4.66. The van der Waals surface area contributed by atoms with Gasteiger partial charge in [-0.15, -0.1) is 0 Å². The van der Waals surface area contributed by atoms with Crippen molar-refractivity contribution in [1.29, 1.82) is 0 Å². The van der Waals surface area contributed by atoms with Crippen LogP contribution in [-0.2, 0) is 9.47 Å². The van der Waals surface area contributed by atoms with Gasteiger partial charge in [0.1, 0.15) is 0 Å². The van der Waals surface area contributed by atoms with Crippen molar-refractivity contribution in [2.75, 3.05) is 14.2 Å². The second-order valence-electron chi connectivity index (χ2n) is 3.91. The number of unbranched alkanes of at least 4 members (excludes halogenated alkanes) is 2. The van der Waals surface area contributed by atoms with Crippen LogP contribution in [0.3, 0.4) is 0 Å². The van der Waals surface area contributed by atoms with Crippen molar-refractivity contribution in [1.82, 2.24) is 0 Å². The van der Waals surface area contributed by atoms with Crippen LogP contribution in [0.1, 0.15) is 39.5 Å². The normalized spacial score (nSPS) is 15.2. The van der Waals surface area contributed by atoms with E-state index >= 15 is 0 Å². The van der Waals surface area contributed by atoms with E-state index in [4.69, 9.17) is 15.2 Å². The molecular formula is C12H23BrN2O2. The highest BCUT2D eigenvalue weighted by Crippen LogP contribution is 2.17. The number of rotatable bonds is 7. The van der Waals surface area contributed by atoms with Crippen molar-refractivity contribution in [3.05, 3.63) is 10.5 Å². The smallest absolute Gasteiger partial charge is 0.217 e. The van der Waals surface area contributed by atoms with Gasteiger partial charge in [0.05, 0.1) is 14.2 Å². The summed E-state index contributed by atoms with van der Waals surface area (Å²) in [6.07, 6.45) is 4.69. The van der Waals surface area contributed by atoms with Crippen LogP contribution >= 0.6 is 15.9 Å². The predicted octanol–water partition coefficient (Wildman–Crippen LogP) is 3.37. The molecule has 0 bridgehead atoms. The molecule has 0 aromatic heterocycles. The van der Waals surface area contributed by atoms with Gasteiger partial charge in [0.25, 0.3) is 0 Å². The first-order valence-corrected chi connectivity index (χ1v) is 6.67. The van der Waals surface area contributed by atoms with Gasteiger partial charge in [-0.05, 0) is 22.4 Å². The Morgan fingerprint density at radius 3 is 2.41 bits per heavy atom. The van der Waals surface area contributed by atoms with Crippen LogP contribution in [0.2, 0.25) is 0 Å². The average Bonchev–Trinajstić information content (AvgIpc) is 2.34. The Kier molecular flexibility index (Phi) is 8.94. The Morgan fingerprint density at radius 1 is 1.29 bits per heavy atom. The van der Waals surface area contributed by atoms with Gasteiger partial charge in [-0.25, -0.2) is 4.99 Å². The molecule has 1 unspecified atom stereocenters. The molecule has 0 aliphatic rings. The largest absolute Gasteiger partial charge is 0.484 e. The van der Waals surface area contributed by atoms with Crippen LogP contribution in [0.25, 0.3) is 0 Å². The standard InChI is InChI=1S/C12H23BrN2O2/c1-5-6-7-8-9(2)12(17-4)15-10(13)11(14)16-3/h9H,5-8,14H2,1-4H3/b11-10+,15-12+. The number of methoxy groups -OCH3 is 2. The van der Waals surface area contributed by atoms with Crippen LogP contribution < -0.4 is 5.73 Å². The van der Waals surface area contributed by atoms with Crippen molar-refractivity contribution in [2.45, 2.75) is 39.5 Å². The SMILES string of the molecule is CCCCCC(C)/C(=N\C(Br)=C(/N)OC)OC. The van der Waals surface area contributed by atoms with E-state index in [9.17, 15) is 0 Å². The molecule has 1 atom stereocenters. The van der Waals surface area contributed by atoms with Crippen molar-refractivity contribution < 1.29 is 9.47 Å². The number of ether oxygens (including phenoxy) is 2. The lowest BCUT2D eigenvalue weighted by Gasteiger charge is -2.13. The predicted molar refractivity (Wildman–Crippen MR) is 74.9 cm³/mol. The first kappa shape index (κ1) is 16.3. The van der Waals surface area contributed by atoms with Crippen LogP contribution in [0, 0.1) is 5.92 Å². The Balaban J connectivity index is 4.54. The minimum absolute atomic E-state index is 0.250. The summed E-state index contributed by atoms with van der Waals surface area (Å²) >= 11 is 3.26. The number of hydrogen-bond acceptors (Lipinski definition) is 4. The molecule has 0 aromatic rings. The van der Waals surface area contributed by atoms with Crippen molar-refractivity contribution in [2.24, 2.45) is 16.6 Å². The highest BCUT2D eigenvalue weighted by atomic mass is 79.9. The summed E-state index contributed by atoms with van der Waals surface area (Å²) in [5, 5.41) is 0. The summed E-state index contributed by atoms with van der Waals surface area (Å²) in [5.41, 5.74) is 5.59. The Labute approximate surface area is 112 Å². The molecule has 17 heavy (non-hydrogen) atoms. The topological polar surface area (TPSA) is 56.8 Å². The molecule has 0 heterocycles. The van der Waals surface area contributed by atoms with Gasteiger partial charge in [-0.3, -0.25) is 0 Å². The summed E-state index contributed by atoms with van der Waals surface area (Å²) in [6.45, 7) is 4.29. The van der Waals surface area contributed by atoms with E-state index in [0.29, 0.717) is 10.5 Å². The van der Waals surface area contributed by atoms with Crippen LogP contribution in [0.5, 0.6) is 0 Å². The molecule has 0 amide bonds. The fourth-order valence-corrected chi connectivity index (χ4v) is 1.75. The van der Waals surface area contributed by atoms with E-state index in [0.717, 1.165) is 6.42 Å². The lowest BCUT2D eigenvalue weighted by molar-refractivity contribution is 0.285. The zero-order chi connectivity index (χ0) is 13.3. The van der Waals surface area contributed by atoms with Crippen molar-refractivity contribution in [3.8, 4) is 0 Å². The van der Waals surface area contributed by atoms with Crippen LogP contribution in [-0.4, -0.2) is 20.1 Å². The highest BCUT2D eigenvalue weighted by molar-refractivity contribution is 9.11. The molecule has 0 aliphatic carbocycles. The highest BCUT2D eigenvalue weighted by Gasteiger charge is 2.12. The van der Waals surface area contributed by atoms with E-state index in [1.807, 2.05) is 0 Å². The summed E-state index contributed by atoms with van der Waals surface area (Å²) in [7, 11) is 3.13. The molecule has 0 rings (SSSR count). The zero-order valence-electron chi connectivity index (χ0n) is 11.1. The van der Waals surface area contributed by atoms with Crippen molar-refractivity contribution >= 4 is 21.8 Å². The van der Waals surface area contributed by atoms with E-state index in [1.54, 1.807) is 7.11 Å². The van der Waals surface area contributed by atoms with Gasteiger partial charge in [0.15, 0.2) is 10.5 Å². The van der Waals surface area contributed by atoms with Gasteiger partial charge in [0.2, 0.25) is 5.88 Å². The van der Waals surface area contributed by atoms with Gasteiger partial charge in [-0.2, -0.15) is 0 Å². The molecule has 2 N–H and O–H groups in total. The Bertz CT molecular complexity index is 278. The first-order chi connectivity index (χ1) is 8.06. The average molecular weight is 307 g/mol. The molecule has 0 saturated heterocycles. The number of nitrogens with two attached hydrogens (primary N) is 1. The van der Waals surface area contributed by atoms with Crippen LogP contribution in [0.15, 0.2) is 15.5 Å². The lowest BCUT2D eigenvalue weighted by atomic mass is 10.0. The fraction of sp³-hybridized carbons (Fsp3) is 0.750. The Morgan fingerprint density at radius 2 is 1.94 bits per heavy atom. The maximum Gasteiger partial charge on any atom is 0.217 e. The third-order valence-electron chi connectivity index (χ3n) is 2.50. The third kappa shape index (κ3) is 6.56. The molecule has 0 spiro atoms. The summed E-state index contributed by atoms with van der Waals surface area (Å²) in [5.74, 6) is 1.21. The molecule has 100 valence electrons. The molecule has 4 nitrogen and oxygen atoms in total. The summed E-state index contributed by atoms with van der Waals surface area (Å²) in [4.78, 5) is 4.29. The molecule has 0 aromatic carbocycles. The number of nitrogens with zero attached hydrogens (tertiary/aromatic N) is 1. The fourth-order valence-electron chi connectivity index (χ4n) is 1.42. The molecule has 0 radical (unpaired) electrons. The third-order valence-corrected chi connectivity index (χ3v) is 3.07. The van der Waals surface area contributed by atoms with Gasteiger partial charge in [0, 0.05) is 5.92 Å². The maximum atomic E-state index is 5.59. The van der Waals surface area contributed by atoms with Gasteiger partial charge in [-0.1, -0.05) is 33.1 Å². The minimum Gasteiger partial charge on any atom is -0.484 e. The monoisotopic (exact) mass is 306 g/mol. The first-order valence-electron chi connectivity index (χ1n) is 5.88. The lowest BCUT2D eigenvalue weighted by Crippen LogP contribution is -2.14. The van der Waals surface area contributed by atoms with E-state index < -0.39 is 0 Å². The minimum atomic E-state index is 0.250. The van der Waals surface area contributed by atoms with Gasteiger partial charge < -0.3 is 15.2 Å². The molecule has 0 fully saturated rings. The second kappa shape index (κ2) is 9.33. The van der Waals surface area contributed by atoms with Crippen molar-refractivity contribution in [3.63, 3.8) is 0 Å². The quantitative estimate of drug-likeness (QED) is 0.258. The molecule has 0 saturated carbocycles. The number of aliphatic imine (C=N–C) groups is 1. The molecule has 0 aliphatic heterocycles. The van der Waals surface area contributed by atoms with E-state index in [1.165, 1.54) is 26.4 Å². The molecular weight excluding hydrogens is 284 g/mol. The summed E-state index contributed by atoms with van der Waals surface area (Å²) in [6, 6.07) is 0. The van der Waals surface area contributed by atoms with E-state index in [-0.39, 0.29) is 11.8 Å². The van der Waals surface area contributed by atoms with Gasteiger partial charge >= 0.3 is 0 Å². The number of halogens is 1. The zero-order valence-corrected chi connectivity index (χ0v) is 12.7. The molecule has 5 heteroatoms. The summed E-state index contributed by atoms with van der Waals surface area (Å²) < 4.78 is 10.6.